The smallest absolute Gasteiger partial charge is 0.245 e. The minimum atomic E-state index is -3.59. The van der Waals surface area contributed by atoms with Gasteiger partial charge in [-0.25, -0.2) is 8.42 Å². The standard InChI is InChI=1S/C12H15N3O3S2/c1-8-7-15(6-5-10(8)16)20(17,18)11-4-2-3-9-12(11)14-19-13-9/h2-4,8,10,16H,5-7H2,1H3. The largest absolute Gasteiger partial charge is 0.393 e. The van der Waals surface area contributed by atoms with E-state index in [-0.39, 0.29) is 10.8 Å². The van der Waals surface area contributed by atoms with Crippen LogP contribution in [-0.4, -0.2) is 37.0 Å². The van der Waals surface area contributed by atoms with E-state index in [0.717, 1.165) is 11.4 Å². The fourth-order valence-corrected chi connectivity index (χ4v) is 4.75. The Morgan fingerprint density at radius 3 is 2.95 bits per heavy atom. The number of hydrogen-bond acceptors (Lipinski definition) is 5. The summed E-state index contributed by atoms with van der Waals surface area (Å²) in [7, 11) is -3.59. The third-order valence-corrected chi connectivity index (χ3v) is 6.13. The molecular weight excluding hydrogens is 298 g/mol. The molecule has 2 aliphatic rings. The molecule has 0 aromatic heterocycles. The number of nitrogens with zero attached hydrogens (tertiary/aromatic N) is 3. The van der Waals surface area contributed by atoms with Crippen LogP contribution in [0, 0.1) is 5.92 Å². The van der Waals surface area contributed by atoms with Crippen molar-refractivity contribution in [2.24, 2.45) is 14.6 Å². The maximum Gasteiger partial charge on any atom is 0.245 e. The molecular formula is C12H15N3O3S2. The summed E-state index contributed by atoms with van der Waals surface area (Å²) in [5.74, 6) is -0.0636. The molecule has 8 heteroatoms. The molecule has 1 saturated heterocycles. The topological polar surface area (TPSA) is 82.3 Å². The zero-order chi connectivity index (χ0) is 14.3. The molecule has 1 aromatic carbocycles. The maximum atomic E-state index is 12.7. The molecule has 2 atom stereocenters. The van der Waals surface area contributed by atoms with E-state index < -0.39 is 16.1 Å². The molecule has 1 N–H and O–H groups in total. The van der Waals surface area contributed by atoms with Crippen molar-refractivity contribution in [1.82, 2.24) is 4.31 Å². The lowest BCUT2D eigenvalue weighted by atomic mass is 9.99. The van der Waals surface area contributed by atoms with Crippen LogP contribution in [0.4, 0.5) is 11.4 Å². The minimum Gasteiger partial charge on any atom is -0.393 e. The zero-order valence-corrected chi connectivity index (χ0v) is 12.6. The highest BCUT2D eigenvalue weighted by molar-refractivity contribution is 7.89. The Morgan fingerprint density at radius 1 is 1.40 bits per heavy atom. The number of piperidine rings is 1. The molecule has 0 aliphatic carbocycles. The molecule has 0 saturated carbocycles. The van der Waals surface area contributed by atoms with E-state index >= 15 is 0 Å². The average Bonchev–Trinajstić information content (AvgIpc) is 2.89. The lowest BCUT2D eigenvalue weighted by Gasteiger charge is -2.33. The Bertz CT molecular complexity index is 711. The second-order valence-corrected chi connectivity index (χ2v) is 7.52. The van der Waals surface area contributed by atoms with Gasteiger partial charge < -0.3 is 5.11 Å². The molecule has 0 radical (unpaired) electrons. The summed E-state index contributed by atoms with van der Waals surface area (Å²) < 4.78 is 35.1. The van der Waals surface area contributed by atoms with Gasteiger partial charge in [0.25, 0.3) is 0 Å². The quantitative estimate of drug-likeness (QED) is 0.918. The van der Waals surface area contributed by atoms with E-state index in [1.54, 1.807) is 18.2 Å². The van der Waals surface area contributed by atoms with Crippen molar-refractivity contribution in [3.63, 3.8) is 0 Å². The predicted octanol–water partition coefficient (Wildman–Crippen LogP) is 1.80. The number of rotatable bonds is 2. The van der Waals surface area contributed by atoms with Crippen LogP contribution in [0.25, 0.3) is 0 Å². The average molecular weight is 313 g/mol. The molecule has 6 nitrogen and oxygen atoms in total. The van der Waals surface area contributed by atoms with Crippen LogP contribution in [-0.2, 0) is 21.4 Å². The van der Waals surface area contributed by atoms with Crippen molar-refractivity contribution in [2.75, 3.05) is 13.1 Å². The summed E-state index contributed by atoms with van der Waals surface area (Å²) in [5, 5.41) is 9.73. The zero-order valence-electron chi connectivity index (χ0n) is 10.9. The number of aliphatic hydroxyl groups excluding tert-OH is 1. The number of hydrogen-bond donors (Lipinski definition) is 1. The van der Waals surface area contributed by atoms with E-state index in [1.165, 1.54) is 4.31 Å². The third kappa shape index (κ3) is 2.22. The molecule has 1 fully saturated rings. The summed E-state index contributed by atoms with van der Waals surface area (Å²) >= 11 is 1.01. The lowest BCUT2D eigenvalue weighted by Crippen LogP contribution is -2.44. The van der Waals surface area contributed by atoms with Crippen LogP contribution < -0.4 is 0 Å². The number of fused-ring (bicyclic) bond motifs is 1. The van der Waals surface area contributed by atoms with Crippen LogP contribution in [0.1, 0.15) is 13.3 Å². The Hall–Kier alpha value is -1.09. The Balaban J connectivity index is 1.98. The summed E-state index contributed by atoms with van der Waals surface area (Å²) in [6.07, 6.45) is 0.0317. The van der Waals surface area contributed by atoms with Gasteiger partial charge in [-0.15, -0.1) is 0 Å². The number of aliphatic hydroxyl groups is 1. The Morgan fingerprint density at radius 2 is 2.20 bits per heavy atom. The highest BCUT2D eigenvalue weighted by atomic mass is 32.2. The molecule has 108 valence electrons. The van der Waals surface area contributed by atoms with E-state index in [9.17, 15) is 13.5 Å². The van der Waals surface area contributed by atoms with Gasteiger partial charge in [0.15, 0.2) is 0 Å². The van der Waals surface area contributed by atoms with Gasteiger partial charge in [-0.1, -0.05) is 13.0 Å². The van der Waals surface area contributed by atoms with Crippen LogP contribution in [0.15, 0.2) is 31.8 Å². The van der Waals surface area contributed by atoms with Crippen molar-refractivity contribution >= 4 is 32.8 Å². The van der Waals surface area contributed by atoms with Crippen molar-refractivity contribution in [1.29, 1.82) is 0 Å². The fraction of sp³-hybridized carbons (Fsp3) is 0.500. The highest BCUT2D eigenvalue weighted by Crippen LogP contribution is 2.39. The van der Waals surface area contributed by atoms with Crippen molar-refractivity contribution < 1.29 is 13.5 Å². The second-order valence-electron chi connectivity index (χ2n) is 5.08. The SMILES string of the molecule is CC1CN(S(=O)(=O)c2cccc3c2N=S=N3)CCC1O. The summed E-state index contributed by atoms with van der Waals surface area (Å²) in [4.78, 5) is 0.201. The summed E-state index contributed by atoms with van der Waals surface area (Å²) in [5.41, 5.74) is 1.03. The van der Waals surface area contributed by atoms with Gasteiger partial charge in [0, 0.05) is 13.1 Å². The summed E-state index contributed by atoms with van der Waals surface area (Å²) in [6.45, 7) is 2.52. The normalized spacial score (nSPS) is 26.3. The minimum absolute atomic E-state index is 0.0636. The molecule has 0 amide bonds. The lowest BCUT2D eigenvalue weighted by molar-refractivity contribution is 0.0629. The van der Waals surface area contributed by atoms with E-state index in [2.05, 4.69) is 8.73 Å². The Kier molecular flexibility index (Phi) is 3.49. The van der Waals surface area contributed by atoms with Gasteiger partial charge in [0.05, 0.1) is 17.5 Å². The second kappa shape index (κ2) is 5.03. The maximum absolute atomic E-state index is 12.7. The first kappa shape index (κ1) is 13.9. The van der Waals surface area contributed by atoms with Crippen LogP contribution in [0.5, 0.6) is 0 Å². The van der Waals surface area contributed by atoms with E-state index in [0.29, 0.717) is 30.9 Å². The van der Waals surface area contributed by atoms with Crippen molar-refractivity contribution in [2.45, 2.75) is 24.3 Å². The van der Waals surface area contributed by atoms with Gasteiger partial charge in [0.2, 0.25) is 10.0 Å². The van der Waals surface area contributed by atoms with Crippen molar-refractivity contribution in [3.05, 3.63) is 18.2 Å². The van der Waals surface area contributed by atoms with Gasteiger partial charge >= 0.3 is 0 Å². The first-order chi connectivity index (χ1) is 9.50. The molecule has 2 unspecified atom stereocenters. The molecule has 2 heterocycles. The molecule has 2 aliphatic heterocycles. The predicted molar refractivity (Wildman–Crippen MR) is 76.5 cm³/mol. The summed E-state index contributed by atoms with van der Waals surface area (Å²) in [6, 6.07) is 4.99. The third-order valence-electron chi connectivity index (χ3n) is 3.69. The van der Waals surface area contributed by atoms with Crippen LogP contribution in [0.2, 0.25) is 0 Å². The Labute approximate surface area is 121 Å². The molecule has 0 spiro atoms. The van der Waals surface area contributed by atoms with E-state index in [4.69, 9.17) is 0 Å². The van der Waals surface area contributed by atoms with Crippen LogP contribution >= 0.6 is 0 Å². The van der Waals surface area contributed by atoms with Gasteiger partial charge in [-0.05, 0) is 24.5 Å². The van der Waals surface area contributed by atoms with E-state index in [1.807, 2.05) is 6.92 Å². The molecule has 20 heavy (non-hydrogen) atoms. The monoisotopic (exact) mass is 313 g/mol. The first-order valence-electron chi connectivity index (χ1n) is 6.39. The van der Waals surface area contributed by atoms with Gasteiger partial charge in [-0.2, -0.15) is 13.0 Å². The van der Waals surface area contributed by atoms with Gasteiger partial charge in [0.1, 0.15) is 16.3 Å². The number of benzene rings is 1. The fourth-order valence-electron chi connectivity index (χ4n) is 2.44. The molecule has 3 rings (SSSR count). The van der Waals surface area contributed by atoms with Crippen molar-refractivity contribution in [3.8, 4) is 0 Å². The first-order valence-corrected chi connectivity index (χ1v) is 8.56. The molecule has 1 aromatic rings. The van der Waals surface area contributed by atoms with Crippen LogP contribution in [0.3, 0.4) is 0 Å². The highest BCUT2D eigenvalue weighted by Gasteiger charge is 2.34. The molecule has 0 bridgehead atoms. The van der Waals surface area contributed by atoms with Gasteiger partial charge in [-0.3, -0.25) is 0 Å². The number of sulfonamides is 1.